The summed E-state index contributed by atoms with van der Waals surface area (Å²) in [4.78, 5) is 7.09. The summed E-state index contributed by atoms with van der Waals surface area (Å²) in [7, 11) is -1.31. The predicted octanol–water partition coefficient (Wildman–Crippen LogP) is 2.50. The van der Waals surface area contributed by atoms with Crippen LogP contribution in [0.1, 0.15) is 18.4 Å². The molecule has 4 heterocycles. The van der Waals surface area contributed by atoms with Gasteiger partial charge in [0.1, 0.15) is 13.9 Å². The van der Waals surface area contributed by atoms with Crippen LogP contribution in [0.25, 0.3) is 0 Å². The number of nitrogens with zero attached hydrogens (tertiary/aromatic N) is 2. The number of nitrogens with one attached hydrogen (secondary N) is 1. The number of piperidine rings is 1. The van der Waals surface area contributed by atoms with Crippen molar-refractivity contribution < 1.29 is 0 Å². The van der Waals surface area contributed by atoms with E-state index in [1.807, 2.05) is 6.20 Å². The summed E-state index contributed by atoms with van der Waals surface area (Å²) in [5.41, 5.74) is 4.44. The molecule has 0 spiro atoms. The van der Waals surface area contributed by atoms with Crippen LogP contribution >= 0.6 is 0 Å². The molecule has 1 N–H and O–H groups in total. The summed E-state index contributed by atoms with van der Waals surface area (Å²) in [6.07, 6.45) is 4.59. The van der Waals surface area contributed by atoms with Crippen molar-refractivity contribution >= 4 is 13.9 Å². The topological polar surface area (TPSA) is 28.2 Å². The number of fused-ring (bicyclic) bond motifs is 4. The Morgan fingerprint density at radius 3 is 2.71 bits per heavy atom. The first-order chi connectivity index (χ1) is 9.99. The van der Waals surface area contributed by atoms with Crippen LogP contribution < -0.4 is 10.2 Å². The molecule has 2 unspecified atom stereocenters. The molecule has 0 aliphatic carbocycles. The van der Waals surface area contributed by atoms with Crippen molar-refractivity contribution in [2.45, 2.75) is 38.5 Å². The SMILES string of the molecule is C[Si](C)(C)C#Cc1ccc(N2CC3CCC(C2)NC3)nc1. The van der Waals surface area contributed by atoms with Crippen LogP contribution in [0.3, 0.4) is 0 Å². The number of hydrogen-bond donors (Lipinski definition) is 1. The fourth-order valence-electron chi connectivity index (χ4n) is 3.03. The maximum atomic E-state index is 4.65. The van der Waals surface area contributed by atoms with Gasteiger partial charge in [-0.3, -0.25) is 0 Å². The first kappa shape index (κ1) is 14.6. The minimum absolute atomic E-state index is 0.636. The van der Waals surface area contributed by atoms with E-state index in [2.05, 4.69) is 58.4 Å². The van der Waals surface area contributed by atoms with Gasteiger partial charge >= 0.3 is 0 Å². The van der Waals surface area contributed by atoms with Crippen LogP contribution in [0.15, 0.2) is 18.3 Å². The molecule has 3 nitrogen and oxygen atoms in total. The Morgan fingerprint density at radius 2 is 2.10 bits per heavy atom. The monoisotopic (exact) mass is 299 g/mol. The lowest BCUT2D eigenvalue weighted by atomic mass is 9.97. The molecule has 112 valence electrons. The Bertz CT molecular complexity index is 528. The molecule has 0 aromatic carbocycles. The van der Waals surface area contributed by atoms with Crippen LogP contribution in [-0.4, -0.2) is 38.7 Å². The molecule has 3 aliphatic heterocycles. The van der Waals surface area contributed by atoms with E-state index in [1.165, 1.54) is 19.4 Å². The molecule has 21 heavy (non-hydrogen) atoms. The Hall–Kier alpha value is -1.31. The van der Waals surface area contributed by atoms with Crippen molar-refractivity contribution in [3.63, 3.8) is 0 Å². The molecule has 0 amide bonds. The summed E-state index contributed by atoms with van der Waals surface area (Å²) >= 11 is 0. The van der Waals surface area contributed by atoms with Gasteiger partial charge in [0.05, 0.1) is 0 Å². The third-order valence-corrected chi connectivity index (χ3v) is 5.07. The molecular weight excluding hydrogens is 274 g/mol. The van der Waals surface area contributed by atoms with Gasteiger partial charge in [-0.1, -0.05) is 25.6 Å². The molecule has 4 rings (SSSR count). The van der Waals surface area contributed by atoms with Crippen molar-refractivity contribution in [2.75, 3.05) is 24.5 Å². The van der Waals surface area contributed by atoms with Gasteiger partial charge in [0.25, 0.3) is 0 Å². The zero-order valence-corrected chi connectivity index (χ0v) is 14.3. The molecule has 3 fully saturated rings. The fourth-order valence-corrected chi connectivity index (χ4v) is 3.55. The smallest absolute Gasteiger partial charge is 0.129 e. The Kier molecular flexibility index (Phi) is 4.05. The fraction of sp³-hybridized carbons (Fsp3) is 0.588. The van der Waals surface area contributed by atoms with E-state index in [-0.39, 0.29) is 0 Å². The van der Waals surface area contributed by atoms with Crippen LogP contribution in [0.5, 0.6) is 0 Å². The molecule has 2 atom stereocenters. The van der Waals surface area contributed by atoms with Gasteiger partial charge in [0, 0.05) is 30.9 Å². The zero-order chi connectivity index (χ0) is 14.9. The number of hydrogen-bond acceptors (Lipinski definition) is 3. The highest BCUT2D eigenvalue weighted by Crippen LogP contribution is 2.24. The highest BCUT2D eigenvalue weighted by atomic mass is 28.3. The Balaban J connectivity index is 1.73. The molecular formula is C17H25N3Si. The molecule has 3 aliphatic rings. The number of rotatable bonds is 1. The third kappa shape index (κ3) is 3.87. The second-order valence-corrected chi connectivity index (χ2v) is 12.1. The highest BCUT2D eigenvalue weighted by Gasteiger charge is 2.29. The van der Waals surface area contributed by atoms with Gasteiger partial charge in [0.15, 0.2) is 0 Å². The summed E-state index contributed by atoms with van der Waals surface area (Å²) in [5.74, 6) is 5.16. The average molecular weight is 299 g/mol. The molecule has 1 aromatic rings. The second-order valence-electron chi connectivity index (χ2n) is 7.36. The van der Waals surface area contributed by atoms with Crippen molar-refractivity contribution in [3.05, 3.63) is 23.9 Å². The summed E-state index contributed by atoms with van der Waals surface area (Å²) in [6.45, 7) is 10.2. The normalized spacial score (nSPS) is 25.2. The van der Waals surface area contributed by atoms with E-state index in [9.17, 15) is 0 Å². The average Bonchev–Trinajstić information content (AvgIpc) is 2.78. The first-order valence-corrected chi connectivity index (χ1v) is 11.5. The maximum absolute atomic E-state index is 4.65. The molecule has 2 bridgehead atoms. The van der Waals surface area contributed by atoms with Crippen molar-refractivity contribution in [2.24, 2.45) is 5.92 Å². The van der Waals surface area contributed by atoms with E-state index < -0.39 is 8.07 Å². The largest absolute Gasteiger partial charge is 0.355 e. The maximum Gasteiger partial charge on any atom is 0.129 e. The highest BCUT2D eigenvalue weighted by molar-refractivity contribution is 6.83. The summed E-state index contributed by atoms with van der Waals surface area (Å²) in [6, 6.07) is 4.89. The van der Waals surface area contributed by atoms with Crippen molar-refractivity contribution in [1.29, 1.82) is 0 Å². The lowest BCUT2D eigenvalue weighted by Crippen LogP contribution is -2.39. The van der Waals surface area contributed by atoms with E-state index in [4.69, 9.17) is 0 Å². The third-order valence-electron chi connectivity index (χ3n) is 4.19. The van der Waals surface area contributed by atoms with Gasteiger partial charge in [-0.15, -0.1) is 5.54 Å². The van der Waals surface area contributed by atoms with Gasteiger partial charge < -0.3 is 10.2 Å². The van der Waals surface area contributed by atoms with Crippen LogP contribution in [-0.2, 0) is 0 Å². The molecule has 0 saturated carbocycles. The van der Waals surface area contributed by atoms with E-state index >= 15 is 0 Å². The quantitative estimate of drug-likeness (QED) is 0.638. The summed E-state index contributed by atoms with van der Waals surface area (Å²) in [5, 5.41) is 3.64. The van der Waals surface area contributed by atoms with Crippen molar-refractivity contribution in [3.8, 4) is 11.5 Å². The predicted molar refractivity (Wildman–Crippen MR) is 91.2 cm³/mol. The minimum atomic E-state index is -1.31. The standard InChI is InChI=1S/C17H25N3Si/c1-21(2,3)9-8-14-5-7-17(19-10-14)20-12-15-4-6-16(13-20)18-11-15/h5,7,10,15-16,18H,4,6,11-13H2,1-3H3. The summed E-state index contributed by atoms with van der Waals surface area (Å²) < 4.78 is 0. The van der Waals surface area contributed by atoms with Crippen LogP contribution in [0.2, 0.25) is 19.6 Å². The molecule has 3 saturated heterocycles. The van der Waals surface area contributed by atoms with Gasteiger partial charge in [-0.2, -0.15) is 0 Å². The second kappa shape index (κ2) is 5.82. The number of aromatic nitrogens is 1. The lowest BCUT2D eigenvalue weighted by Gasteiger charge is -2.23. The number of anilines is 1. The lowest BCUT2D eigenvalue weighted by molar-refractivity contribution is 0.360. The minimum Gasteiger partial charge on any atom is -0.355 e. The van der Waals surface area contributed by atoms with Gasteiger partial charge in [-0.05, 0) is 37.4 Å². The van der Waals surface area contributed by atoms with Gasteiger partial charge in [-0.25, -0.2) is 4.98 Å². The zero-order valence-electron chi connectivity index (χ0n) is 13.3. The molecule has 0 radical (unpaired) electrons. The van der Waals surface area contributed by atoms with Crippen molar-refractivity contribution in [1.82, 2.24) is 10.3 Å². The molecule has 1 aromatic heterocycles. The van der Waals surface area contributed by atoms with E-state index in [0.29, 0.717) is 6.04 Å². The Morgan fingerprint density at radius 1 is 1.24 bits per heavy atom. The van der Waals surface area contributed by atoms with Crippen LogP contribution in [0.4, 0.5) is 5.82 Å². The van der Waals surface area contributed by atoms with Crippen LogP contribution in [0, 0.1) is 17.4 Å². The molecule has 4 heteroatoms. The van der Waals surface area contributed by atoms with E-state index in [1.54, 1.807) is 0 Å². The first-order valence-electron chi connectivity index (χ1n) is 7.97. The van der Waals surface area contributed by atoms with Gasteiger partial charge in [0.2, 0.25) is 0 Å². The van der Waals surface area contributed by atoms with E-state index in [0.717, 1.165) is 30.4 Å². The Labute approximate surface area is 129 Å². The number of pyridine rings is 1.